The van der Waals surface area contributed by atoms with Crippen molar-refractivity contribution in [1.82, 2.24) is 0 Å². The van der Waals surface area contributed by atoms with Gasteiger partial charge >= 0.3 is 5.97 Å². The Morgan fingerprint density at radius 3 is 1.94 bits per heavy atom. The van der Waals surface area contributed by atoms with Gasteiger partial charge in [0.05, 0.1) is 7.11 Å². The minimum Gasteiger partial charge on any atom is -0.469 e. The maximum Gasteiger partial charge on any atom is 0.305 e. The van der Waals surface area contributed by atoms with Gasteiger partial charge in [0.2, 0.25) is 0 Å². The quantitative estimate of drug-likeness (QED) is 0.391. The molecule has 0 heterocycles. The summed E-state index contributed by atoms with van der Waals surface area (Å²) in [7, 11) is 1.38. The van der Waals surface area contributed by atoms with Crippen LogP contribution in [0.2, 0.25) is 0 Å². The molecule has 0 aliphatic carbocycles. The molecule has 0 radical (unpaired) electrons. The van der Waals surface area contributed by atoms with Gasteiger partial charge in [0, 0.05) is 19.3 Å². The summed E-state index contributed by atoms with van der Waals surface area (Å²) in [5, 5.41) is 0. The van der Waals surface area contributed by atoms with Crippen LogP contribution in [0.15, 0.2) is 0 Å². The van der Waals surface area contributed by atoms with Crippen LogP contribution in [0.3, 0.4) is 0 Å². The Morgan fingerprint density at radius 2 is 1.33 bits per heavy atom. The Hall–Kier alpha value is -0.860. The number of ketones is 1. The van der Waals surface area contributed by atoms with Gasteiger partial charge in [0.25, 0.3) is 0 Å². The number of ether oxygens (including phenoxy) is 1. The zero-order chi connectivity index (χ0) is 13.6. The summed E-state index contributed by atoms with van der Waals surface area (Å²) in [5.41, 5.74) is 0. The zero-order valence-electron chi connectivity index (χ0n) is 12.0. The third kappa shape index (κ3) is 11.6. The highest BCUT2D eigenvalue weighted by atomic mass is 16.5. The highest BCUT2D eigenvalue weighted by Crippen LogP contribution is 2.10. The highest BCUT2D eigenvalue weighted by Gasteiger charge is 2.05. The Bertz CT molecular complexity index is 224. The van der Waals surface area contributed by atoms with Gasteiger partial charge in [-0.2, -0.15) is 0 Å². The van der Waals surface area contributed by atoms with Crippen molar-refractivity contribution >= 4 is 11.8 Å². The smallest absolute Gasteiger partial charge is 0.305 e. The number of unbranched alkanes of at least 4 members (excludes halogenated alkanes) is 6. The predicted octanol–water partition coefficient (Wildman–Crippen LogP) is 4.04. The summed E-state index contributed by atoms with van der Waals surface area (Å²) < 4.78 is 4.53. The van der Waals surface area contributed by atoms with Crippen molar-refractivity contribution in [3.05, 3.63) is 0 Å². The lowest BCUT2D eigenvalue weighted by molar-refractivity contribution is -0.140. The number of Topliss-reactive ketones (excluding diaryl/α,β-unsaturated/α-hetero) is 1. The fourth-order valence-electron chi connectivity index (χ4n) is 1.94. The molecule has 18 heavy (non-hydrogen) atoms. The minimum absolute atomic E-state index is 0.223. The van der Waals surface area contributed by atoms with E-state index in [9.17, 15) is 9.59 Å². The molecule has 106 valence electrons. The number of hydrogen-bond acceptors (Lipinski definition) is 3. The van der Waals surface area contributed by atoms with Crippen molar-refractivity contribution < 1.29 is 14.3 Å². The van der Waals surface area contributed by atoms with Gasteiger partial charge in [0.15, 0.2) is 0 Å². The van der Waals surface area contributed by atoms with Crippen molar-refractivity contribution in [2.45, 2.75) is 77.6 Å². The van der Waals surface area contributed by atoms with E-state index in [1.54, 1.807) is 0 Å². The predicted molar refractivity (Wildman–Crippen MR) is 73.5 cm³/mol. The summed E-state index contributed by atoms with van der Waals surface area (Å²) in [6.45, 7) is 2.22. The Labute approximate surface area is 111 Å². The molecule has 0 fully saturated rings. The Kier molecular flexibility index (Phi) is 12.0. The Balaban J connectivity index is 3.24. The lowest BCUT2D eigenvalue weighted by Crippen LogP contribution is -2.03. The zero-order valence-corrected chi connectivity index (χ0v) is 12.0. The molecular weight excluding hydrogens is 228 g/mol. The topological polar surface area (TPSA) is 43.4 Å². The van der Waals surface area contributed by atoms with Crippen LogP contribution in [0.4, 0.5) is 0 Å². The monoisotopic (exact) mass is 256 g/mol. The highest BCUT2D eigenvalue weighted by molar-refractivity contribution is 5.79. The minimum atomic E-state index is -0.223. The molecule has 0 bridgehead atoms. The van der Waals surface area contributed by atoms with Gasteiger partial charge < -0.3 is 4.74 Å². The maximum absolute atomic E-state index is 11.5. The van der Waals surface area contributed by atoms with E-state index < -0.39 is 0 Å². The number of esters is 1. The summed E-state index contributed by atoms with van der Waals surface area (Å²) >= 11 is 0. The van der Waals surface area contributed by atoms with Gasteiger partial charge in [-0.25, -0.2) is 0 Å². The lowest BCUT2D eigenvalue weighted by atomic mass is 10.0. The molecule has 0 aliphatic heterocycles. The molecule has 0 aliphatic rings. The van der Waals surface area contributed by atoms with E-state index in [2.05, 4.69) is 11.7 Å². The fraction of sp³-hybridized carbons (Fsp3) is 0.867. The van der Waals surface area contributed by atoms with E-state index in [0.717, 1.165) is 12.8 Å². The average Bonchev–Trinajstić information content (AvgIpc) is 2.37. The van der Waals surface area contributed by atoms with E-state index in [0.29, 0.717) is 25.7 Å². The maximum atomic E-state index is 11.5. The summed E-state index contributed by atoms with van der Waals surface area (Å²) in [6, 6.07) is 0. The van der Waals surface area contributed by atoms with Crippen LogP contribution < -0.4 is 0 Å². The van der Waals surface area contributed by atoms with Crippen LogP contribution in [0.25, 0.3) is 0 Å². The van der Waals surface area contributed by atoms with E-state index in [4.69, 9.17) is 0 Å². The van der Waals surface area contributed by atoms with Crippen LogP contribution >= 0.6 is 0 Å². The van der Waals surface area contributed by atoms with Crippen LogP contribution in [0.5, 0.6) is 0 Å². The molecule has 3 heteroatoms. The van der Waals surface area contributed by atoms with E-state index in [-0.39, 0.29) is 11.8 Å². The molecule has 0 amide bonds. The third-order valence-electron chi connectivity index (χ3n) is 3.12. The van der Waals surface area contributed by atoms with Gasteiger partial charge in [-0.1, -0.05) is 45.4 Å². The van der Waals surface area contributed by atoms with E-state index in [1.165, 1.54) is 39.2 Å². The number of hydrogen-bond donors (Lipinski definition) is 0. The first-order chi connectivity index (χ1) is 8.70. The van der Waals surface area contributed by atoms with Crippen molar-refractivity contribution in [3.8, 4) is 0 Å². The standard InChI is InChI=1S/C15H28O3/c1-3-4-5-6-7-8-9-11-14(16)12-10-13-15(17)18-2/h3-13H2,1-2H3. The summed E-state index contributed by atoms with van der Waals surface area (Å²) in [4.78, 5) is 22.3. The molecule has 0 saturated carbocycles. The molecule has 0 rings (SSSR count). The number of methoxy groups -OCH3 is 1. The van der Waals surface area contributed by atoms with Gasteiger partial charge in [0.1, 0.15) is 5.78 Å². The van der Waals surface area contributed by atoms with Gasteiger partial charge in [-0.15, -0.1) is 0 Å². The van der Waals surface area contributed by atoms with Gasteiger partial charge in [-0.3, -0.25) is 9.59 Å². The number of rotatable bonds is 12. The first kappa shape index (κ1) is 17.1. The lowest BCUT2D eigenvalue weighted by Gasteiger charge is -2.02. The summed E-state index contributed by atoms with van der Waals surface area (Å²) in [5.74, 6) is 0.0613. The molecule has 0 N–H and O–H groups in total. The third-order valence-corrected chi connectivity index (χ3v) is 3.12. The molecule has 3 nitrogen and oxygen atoms in total. The normalized spacial score (nSPS) is 10.3. The molecule has 0 saturated heterocycles. The second-order valence-corrected chi connectivity index (χ2v) is 4.84. The molecule has 0 aromatic heterocycles. The van der Waals surface area contributed by atoms with Crippen LogP contribution in [0.1, 0.15) is 77.6 Å². The van der Waals surface area contributed by atoms with Crippen molar-refractivity contribution in [2.24, 2.45) is 0 Å². The molecule has 0 unspecified atom stereocenters. The molecule has 0 aromatic carbocycles. The number of carbonyl (C=O) groups excluding carboxylic acids is 2. The molecular formula is C15H28O3. The van der Waals surface area contributed by atoms with Crippen LogP contribution in [-0.2, 0) is 14.3 Å². The first-order valence-electron chi connectivity index (χ1n) is 7.29. The van der Waals surface area contributed by atoms with Crippen molar-refractivity contribution in [2.75, 3.05) is 7.11 Å². The van der Waals surface area contributed by atoms with Crippen LogP contribution in [-0.4, -0.2) is 18.9 Å². The van der Waals surface area contributed by atoms with Crippen molar-refractivity contribution in [3.63, 3.8) is 0 Å². The SMILES string of the molecule is CCCCCCCCCC(=O)CCCC(=O)OC. The number of carbonyl (C=O) groups is 2. The molecule has 0 aromatic rings. The second kappa shape index (κ2) is 12.6. The van der Waals surface area contributed by atoms with Crippen LogP contribution in [0, 0.1) is 0 Å². The summed E-state index contributed by atoms with van der Waals surface area (Å²) in [6.07, 6.45) is 10.8. The Morgan fingerprint density at radius 1 is 0.778 bits per heavy atom. The molecule has 0 atom stereocenters. The first-order valence-corrected chi connectivity index (χ1v) is 7.29. The van der Waals surface area contributed by atoms with Gasteiger partial charge in [-0.05, 0) is 12.8 Å². The fourth-order valence-corrected chi connectivity index (χ4v) is 1.94. The van der Waals surface area contributed by atoms with E-state index >= 15 is 0 Å². The second-order valence-electron chi connectivity index (χ2n) is 4.84. The van der Waals surface area contributed by atoms with Crippen molar-refractivity contribution in [1.29, 1.82) is 0 Å². The van der Waals surface area contributed by atoms with E-state index in [1.807, 2.05) is 0 Å². The average molecular weight is 256 g/mol. The molecule has 0 spiro atoms. The largest absolute Gasteiger partial charge is 0.469 e.